The molecule has 0 bridgehead atoms. The number of nitrogens with zero attached hydrogens (tertiary/aromatic N) is 2. The number of ether oxygens (including phenoxy) is 1. The Morgan fingerprint density at radius 3 is 2.32 bits per heavy atom. The zero-order valence-electron chi connectivity index (χ0n) is 14.1. The zero-order valence-corrected chi connectivity index (χ0v) is 14.1. The Labute approximate surface area is 147 Å². The summed E-state index contributed by atoms with van der Waals surface area (Å²) in [4.78, 5) is 28.0. The van der Waals surface area contributed by atoms with E-state index >= 15 is 0 Å². The normalized spacial score (nSPS) is 14.5. The molecule has 1 fully saturated rings. The number of para-hydroxylation sites is 2. The van der Waals surface area contributed by atoms with Crippen LogP contribution in [0.4, 0.5) is 5.69 Å². The largest absolute Gasteiger partial charge is 0.494 e. The highest BCUT2D eigenvalue weighted by Gasteiger charge is 2.27. The third kappa shape index (κ3) is 4.59. The molecule has 3 rings (SSSR count). The summed E-state index contributed by atoms with van der Waals surface area (Å²) < 4.78 is 5.59. The molecule has 130 valence electrons. The van der Waals surface area contributed by atoms with E-state index in [4.69, 9.17) is 4.74 Å². The van der Waals surface area contributed by atoms with Gasteiger partial charge in [-0.05, 0) is 30.7 Å². The Bertz CT molecular complexity index is 703. The molecule has 0 saturated carbocycles. The standard InChI is InChI=1S/C20H22N2O3/c23-19(12-7-15-25-18-10-5-2-6-11-18)21-13-14-22(20(24)16-21)17-8-3-1-4-9-17/h1-6,8-11H,7,12-16H2. The van der Waals surface area contributed by atoms with Gasteiger partial charge in [0.05, 0.1) is 6.61 Å². The van der Waals surface area contributed by atoms with E-state index in [-0.39, 0.29) is 18.4 Å². The van der Waals surface area contributed by atoms with Crippen LogP contribution in [0.2, 0.25) is 0 Å². The molecule has 0 N–H and O–H groups in total. The maximum absolute atomic E-state index is 12.3. The zero-order chi connectivity index (χ0) is 17.5. The van der Waals surface area contributed by atoms with Crippen LogP contribution >= 0.6 is 0 Å². The molecule has 0 aliphatic carbocycles. The van der Waals surface area contributed by atoms with Crippen molar-refractivity contribution in [3.63, 3.8) is 0 Å². The van der Waals surface area contributed by atoms with E-state index in [0.29, 0.717) is 32.5 Å². The van der Waals surface area contributed by atoms with E-state index < -0.39 is 0 Å². The molecule has 5 nitrogen and oxygen atoms in total. The summed E-state index contributed by atoms with van der Waals surface area (Å²) in [6.07, 6.45) is 1.03. The minimum absolute atomic E-state index is 0.0118. The number of benzene rings is 2. The Hall–Kier alpha value is -2.82. The van der Waals surface area contributed by atoms with E-state index in [1.54, 1.807) is 9.80 Å². The maximum Gasteiger partial charge on any atom is 0.246 e. The predicted molar refractivity (Wildman–Crippen MR) is 96.5 cm³/mol. The van der Waals surface area contributed by atoms with Crippen LogP contribution in [0.1, 0.15) is 12.8 Å². The highest BCUT2D eigenvalue weighted by atomic mass is 16.5. The van der Waals surface area contributed by atoms with E-state index in [0.717, 1.165) is 11.4 Å². The van der Waals surface area contributed by atoms with Crippen LogP contribution in [0.25, 0.3) is 0 Å². The molecular formula is C20H22N2O3. The Kier molecular flexibility index (Phi) is 5.67. The molecule has 1 heterocycles. The van der Waals surface area contributed by atoms with Gasteiger partial charge in [-0.25, -0.2) is 0 Å². The van der Waals surface area contributed by atoms with E-state index in [2.05, 4.69) is 0 Å². The summed E-state index contributed by atoms with van der Waals surface area (Å²) in [5.41, 5.74) is 0.885. The molecule has 1 aliphatic rings. The van der Waals surface area contributed by atoms with Crippen molar-refractivity contribution in [1.82, 2.24) is 4.90 Å². The van der Waals surface area contributed by atoms with Crippen LogP contribution in [0.15, 0.2) is 60.7 Å². The first-order chi connectivity index (χ1) is 12.2. The van der Waals surface area contributed by atoms with Crippen LogP contribution in [-0.2, 0) is 9.59 Å². The quantitative estimate of drug-likeness (QED) is 0.761. The summed E-state index contributed by atoms with van der Waals surface area (Å²) in [6.45, 7) is 1.75. The fraction of sp³-hybridized carbons (Fsp3) is 0.300. The van der Waals surface area contributed by atoms with Gasteiger partial charge in [0, 0.05) is 25.2 Å². The number of carbonyl (C=O) groups is 2. The van der Waals surface area contributed by atoms with Crippen LogP contribution in [0.3, 0.4) is 0 Å². The van der Waals surface area contributed by atoms with Gasteiger partial charge in [-0.15, -0.1) is 0 Å². The van der Waals surface area contributed by atoms with Crippen molar-refractivity contribution < 1.29 is 14.3 Å². The molecule has 2 amide bonds. The maximum atomic E-state index is 12.3. The number of piperazine rings is 1. The molecule has 0 unspecified atom stereocenters. The summed E-state index contributed by atoms with van der Waals surface area (Å²) in [5.74, 6) is 0.783. The highest BCUT2D eigenvalue weighted by molar-refractivity contribution is 5.97. The fourth-order valence-corrected chi connectivity index (χ4v) is 2.86. The van der Waals surface area contributed by atoms with Gasteiger partial charge in [-0.3, -0.25) is 9.59 Å². The van der Waals surface area contributed by atoms with Crippen molar-refractivity contribution in [2.45, 2.75) is 12.8 Å². The lowest BCUT2D eigenvalue weighted by Gasteiger charge is -2.34. The van der Waals surface area contributed by atoms with Crippen molar-refractivity contribution in [1.29, 1.82) is 0 Å². The summed E-state index contributed by atoms with van der Waals surface area (Å²) in [6, 6.07) is 19.1. The highest BCUT2D eigenvalue weighted by Crippen LogP contribution is 2.17. The third-order valence-corrected chi connectivity index (χ3v) is 4.19. The number of carbonyl (C=O) groups excluding carboxylic acids is 2. The minimum Gasteiger partial charge on any atom is -0.494 e. The molecule has 1 saturated heterocycles. The fourth-order valence-electron chi connectivity index (χ4n) is 2.86. The monoisotopic (exact) mass is 338 g/mol. The van der Waals surface area contributed by atoms with Crippen LogP contribution in [0.5, 0.6) is 5.75 Å². The van der Waals surface area contributed by atoms with Crippen molar-refractivity contribution in [2.75, 3.05) is 31.1 Å². The molecule has 5 heteroatoms. The van der Waals surface area contributed by atoms with Crippen molar-refractivity contribution >= 4 is 17.5 Å². The lowest BCUT2D eigenvalue weighted by Crippen LogP contribution is -2.52. The summed E-state index contributed by atoms with van der Waals surface area (Å²) in [5, 5.41) is 0. The first kappa shape index (κ1) is 17.0. The van der Waals surface area contributed by atoms with Gasteiger partial charge in [0.2, 0.25) is 11.8 Å². The second-order valence-electron chi connectivity index (χ2n) is 5.96. The molecule has 0 radical (unpaired) electrons. The summed E-state index contributed by atoms with van der Waals surface area (Å²) in [7, 11) is 0. The van der Waals surface area contributed by atoms with Crippen molar-refractivity contribution in [3.05, 3.63) is 60.7 Å². The Morgan fingerprint density at radius 2 is 1.64 bits per heavy atom. The van der Waals surface area contributed by atoms with Crippen LogP contribution < -0.4 is 9.64 Å². The van der Waals surface area contributed by atoms with Crippen molar-refractivity contribution in [3.8, 4) is 5.75 Å². The first-order valence-corrected chi connectivity index (χ1v) is 8.55. The van der Waals surface area contributed by atoms with E-state index in [9.17, 15) is 9.59 Å². The van der Waals surface area contributed by atoms with Gasteiger partial charge in [-0.2, -0.15) is 0 Å². The lowest BCUT2D eigenvalue weighted by molar-refractivity contribution is -0.137. The smallest absolute Gasteiger partial charge is 0.246 e. The molecule has 2 aromatic carbocycles. The summed E-state index contributed by atoms with van der Waals surface area (Å²) >= 11 is 0. The van der Waals surface area contributed by atoms with E-state index in [1.807, 2.05) is 60.7 Å². The molecule has 0 atom stereocenters. The average Bonchev–Trinajstić information content (AvgIpc) is 2.66. The average molecular weight is 338 g/mol. The molecule has 1 aliphatic heterocycles. The van der Waals surface area contributed by atoms with Crippen molar-refractivity contribution in [2.24, 2.45) is 0 Å². The first-order valence-electron chi connectivity index (χ1n) is 8.55. The second kappa shape index (κ2) is 8.33. The lowest BCUT2D eigenvalue weighted by atomic mass is 10.2. The SMILES string of the molecule is O=C(CCCOc1ccccc1)N1CCN(c2ccccc2)C(=O)C1. The molecule has 0 spiro atoms. The third-order valence-electron chi connectivity index (χ3n) is 4.19. The topological polar surface area (TPSA) is 49.9 Å². The molecular weight excluding hydrogens is 316 g/mol. The van der Waals surface area contributed by atoms with Gasteiger partial charge in [0.15, 0.2) is 0 Å². The van der Waals surface area contributed by atoms with E-state index in [1.165, 1.54) is 0 Å². The number of hydrogen-bond acceptors (Lipinski definition) is 3. The van der Waals surface area contributed by atoms with Gasteiger partial charge < -0.3 is 14.5 Å². The van der Waals surface area contributed by atoms with Gasteiger partial charge in [-0.1, -0.05) is 36.4 Å². The molecule has 25 heavy (non-hydrogen) atoms. The van der Waals surface area contributed by atoms with Gasteiger partial charge >= 0.3 is 0 Å². The van der Waals surface area contributed by atoms with Gasteiger partial charge in [0.1, 0.15) is 12.3 Å². The van der Waals surface area contributed by atoms with Gasteiger partial charge in [0.25, 0.3) is 0 Å². The number of hydrogen-bond donors (Lipinski definition) is 0. The molecule has 2 aromatic rings. The van der Waals surface area contributed by atoms with Crippen LogP contribution in [-0.4, -0.2) is 43.0 Å². The van der Waals surface area contributed by atoms with Crippen LogP contribution in [0, 0.1) is 0 Å². The predicted octanol–water partition coefficient (Wildman–Crippen LogP) is 2.72. The number of amides is 2. The second-order valence-corrected chi connectivity index (χ2v) is 5.96. The number of anilines is 1. The molecule has 0 aromatic heterocycles. The Morgan fingerprint density at radius 1 is 0.960 bits per heavy atom. The Balaban J connectivity index is 1.42. The minimum atomic E-state index is -0.0358. The number of rotatable bonds is 6.